The van der Waals surface area contributed by atoms with Gasteiger partial charge in [0.25, 0.3) is 5.91 Å². The molecule has 0 saturated heterocycles. The Morgan fingerprint density at radius 3 is 2.72 bits per heavy atom. The fourth-order valence-corrected chi connectivity index (χ4v) is 4.25. The van der Waals surface area contributed by atoms with Crippen LogP contribution < -0.4 is 5.32 Å². The number of alkyl carbamates (subject to hydrolysis) is 1. The number of carbonyl (C=O) groups excluding carboxylic acids is 2. The molecule has 0 saturated carbocycles. The van der Waals surface area contributed by atoms with Gasteiger partial charge in [0.2, 0.25) is 0 Å². The first-order valence-electron chi connectivity index (χ1n) is 11.3. The van der Waals surface area contributed by atoms with E-state index in [0.717, 1.165) is 16.8 Å². The summed E-state index contributed by atoms with van der Waals surface area (Å²) in [6, 6.07) is 5.82. The van der Waals surface area contributed by atoms with Gasteiger partial charge in [0, 0.05) is 23.2 Å². The molecule has 0 radical (unpaired) electrons. The number of rotatable bonds is 4. The van der Waals surface area contributed by atoms with Crippen LogP contribution in [0.2, 0.25) is 5.02 Å². The highest BCUT2D eigenvalue weighted by Crippen LogP contribution is 2.39. The van der Waals surface area contributed by atoms with Crippen LogP contribution in [0.3, 0.4) is 0 Å². The van der Waals surface area contributed by atoms with Crippen LogP contribution in [-0.2, 0) is 16.6 Å². The number of fused-ring (bicyclic) bond motifs is 1. The number of hydrogen-bond acceptors (Lipinski definition) is 6. The summed E-state index contributed by atoms with van der Waals surface area (Å²) in [5.41, 5.74) is 4.58. The molecule has 0 spiro atoms. The number of amides is 2. The van der Waals surface area contributed by atoms with Gasteiger partial charge in [-0.1, -0.05) is 23.8 Å². The van der Waals surface area contributed by atoms with Crippen LogP contribution in [0, 0.1) is 24.2 Å². The number of halogens is 1. The summed E-state index contributed by atoms with van der Waals surface area (Å²) in [5.74, 6) is -0.988. The number of ether oxygens (including phenoxy) is 1. The highest BCUT2D eigenvalue weighted by atomic mass is 35.5. The molecule has 1 aromatic heterocycles. The molecule has 4 rings (SSSR count). The van der Waals surface area contributed by atoms with E-state index in [1.165, 1.54) is 0 Å². The van der Waals surface area contributed by atoms with Gasteiger partial charge in [-0.2, -0.15) is 10.4 Å². The average Bonchev–Trinajstić information content (AvgIpc) is 3.20. The third kappa shape index (κ3) is 4.86. The third-order valence-electron chi connectivity index (χ3n) is 5.80. The van der Waals surface area contributed by atoms with Crippen LogP contribution >= 0.6 is 11.6 Å². The zero-order valence-corrected chi connectivity index (χ0v) is 21.3. The molecule has 10 heteroatoms. The van der Waals surface area contributed by atoms with Crippen LogP contribution in [0.5, 0.6) is 0 Å². The van der Waals surface area contributed by atoms with Crippen LogP contribution in [0.25, 0.3) is 16.8 Å². The molecular weight excluding hydrogens is 480 g/mol. The van der Waals surface area contributed by atoms with Crippen molar-refractivity contribution in [1.29, 1.82) is 5.26 Å². The number of nitrogens with one attached hydrogen (secondary N) is 1. The number of benzene rings is 1. The molecular formula is C26H25ClN6O3. The maximum absolute atomic E-state index is 12.4. The number of aryl methyl sites for hydroxylation is 1. The second-order valence-electron chi connectivity index (χ2n) is 9.47. The zero-order valence-electron chi connectivity index (χ0n) is 20.6. The van der Waals surface area contributed by atoms with Gasteiger partial charge in [0.1, 0.15) is 11.7 Å². The van der Waals surface area contributed by atoms with E-state index in [1.54, 1.807) is 63.8 Å². The highest BCUT2D eigenvalue weighted by Gasteiger charge is 2.30. The van der Waals surface area contributed by atoms with Crippen molar-refractivity contribution in [1.82, 2.24) is 15.1 Å². The Hall–Kier alpha value is -4.03. The lowest BCUT2D eigenvalue weighted by Gasteiger charge is -2.23. The molecule has 9 nitrogen and oxygen atoms in total. The number of azo groups is 1. The Bertz CT molecular complexity index is 1430. The fourth-order valence-electron chi connectivity index (χ4n) is 4.09. The Kier molecular flexibility index (Phi) is 6.65. The van der Waals surface area contributed by atoms with Crippen LogP contribution in [0.1, 0.15) is 37.5 Å². The van der Waals surface area contributed by atoms with Gasteiger partial charge >= 0.3 is 6.09 Å². The number of aromatic nitrogens is 2. The van der Waals surface area contributed by atoms with Gasteiger partial charge in [0.15, 0.2) is 0 Å². The van der Waals surface area contributed by atoms with Crippen molar-refractivity contribution in [2.75, 3.05) is 6.54 Å². The molecule has 1 atom stereocenters. The molecule has 184 valence electrons. The Balaban J connectivity index is 1.75. The van der Waals surface area contributed by atoms with Gasteiger partial charge in [-0.25, -0.2) is 4.79 Å². The highest BCUT2D eigenvalue weighted by molar-refractivity contribution is 6.31. The second kappa shape index (κ2) is 9.55. The van der Waals surface area contributed by atoms with Crippen molar-refractivity contribution in [3.05, 3.63) is 69.5 Å². The topological polar surface area (TPSA) is 122 Å². The Morgan fingerprint density at radius 1 is 1.28 bits per heavy atom. The van der Waals surface area contributed by atoms with Crippen molar-refractivity contribution in [2.45, 2.75) is 33.3 Å². The van der Waals surface area contributed by atoms with Crippen molar-refractivity contribution in [3.63, 3.8) is 0 Å². The average molecular weight is 505 g/mol. The quantitative estimate of drug-likeness (QED) is 0.608. The number of nitrogens with zero attached hydrogens (tertiary/aromatic N) is 5. The molecule has 1 unspecified atom stereocenters. The van der Waals surface area contributed by atoms with Crippen molar-refractivity contribution >= 4 is 29.2 Å². The van der Waals surface area contributed by atoms with Gasteiger partial charge in [-0.15, -0.1) is 10.2 Å². The fraction of sp³-hybridized carbons (Fsp3) is 0.308. The maximum Gasteiger partial charge on any atom is 0.407 e. The van der Waals surface area contributed by atoms with Crippen molar-refractivity contribution in [2.24, 2.45) is 23.2 Å². The molecule has 2 aromatic rings. The number of carbonyl (C=O) groups is 2. The predicted molar refractivity (Wildman–Crippen MR) is 135 cm³/mol. The van der Waals surface area contributed by atoms with E-state index in [-0.39, 0.29) is 12.5 Å². The molecule has 1 N–H and O–H groups in total. The summed E-state index contributed by atoms with van der Waals surface area (Å²) in [5, 5.41) is 25.2. The first-order chi connectivity index (χ1) is 17.0. The van der Waals surface area contributed by atoms with Crippen molar-refractivity contribution < 1.29 is 14.3 Å². The first-order valence-corrected chi connectivity index (χ1v) is 11.6. The predicted octanol–water partition coefficient (Wildman–Crippen LogP) is 5.26. The number of nitriles is 1. The lowest BCUT2D eigenvalue weighted by atomic mass is 9.85. The minimum Gasteiger partial charge on any atom is -0.444 e. The molecule has 0 fully saturated rings. The molecule has 36 heavy (non-hydrogen) atoms. The summed E-state index contributed by atoms with van der Waals surface area (Å²) in [4.78, 5) is 24.6. The standard InChI is InChI=1S/C26H25ClN6O3/c1-14-19(11-28)16(8-9-21(14)27)23-20(12-30-33(23)5)15-6-7-17-18(10-15)22(31-32-24(17)34)13-29-25(35)36-26(2,3)4/h6-10,12,17H,13H2,1-5H3,(H,29,35). The largest absolute Gasteiger partial charge is 0.444 e. The molecule has 2 aliphatic rings. The van der Waals surface area contributed by atoms with Crippen LogP contribution in [-0.4, -0.2) is 33.9 Å². The molecule has 1 aliphatic heterocycles. The van der Waals surface area contributed by atoms with E-state index < -0.39 is 17.6 Å². The molecule has 2 heterocycles. The van der Waals surface area contributed by atoms with E-state index >= 15 is 0 Å². The molecule has 1 aromatic carbocycles. The molecule has 2 amide bonds. The normalized spacial score (nSPS) is 17.0. The minimum absolute atomic E-state index is 0.0456. The lowest BCUT2D eigenvalue weighted by Crippen LogP contribution is -2.34. The maximum atomic E-state index is 12.4. The van der Waals surface area contributed by atoms with Crippen molar-refractivity contribution in [3.8, 4) is 17.3 Å². The molecule has 0 bridgehead atoms. The number of allylic oxidation sites excluding steroid dienone is 3. The first kappa shape index (κ1) is 25.1. The SMILES string of the molecule is Cc1c(Cl)ccc(-c2c(C3=CC4=C(CNC(=O)OC(C)(C)C)N=NC(=O)C4C=C3)cnn2C)c1C#N. The van der Waals surface area contributed by atoms with Crippen LogP contribution in [0.4, 0.5) is 4.79 Å². The van der Waals surface area contributed by atoms with Gasteiger partial charge in [0.05, 0.1) is 35.6 Å². The van der Waals surface area contributed by atoms with Gasteiger partial charge in [-0.3, -0.25) is 9.48 Å². The summed E-state index contributed by atoms with van der Waals surface area (Å²) in [6.45, 7) is 7.17. The summed E-state index contributed by atoms with van der Waals surface area (Å²) < 4.78 is 6.99. The van der Waals surface area contributed by atoms with Gasteiger partial charge in [-0.05, 0) is 62.6 Å². The van der Waals surface area contributed by atoms with Crippen LogP contribution in [0.15, 0.2) is 58.1 Å². The van der Waals surface area contributed by atoms with E-state index in [1.807, 2.05) is 12.2 Å². The van der Waals surface area contributed by atoms with E-state index in [4.69, 9.17) is 16.3 Å². The lowest BCUT2D eigenvalue weighted by molar-refractivity contribution is -0.120. The smallest absolute Gasteiger partial charge is 0.407 e. The summed E-state index contributed by atoms with van der Waals surface area (Å²) in [7, 11) is 1.80. The zero-order chi connectivity index (χ0) is 26.2. The minimum atomic E-state index is -0.645. The Morgan fingerprint density at radius 2 is 2.03 bits per heavy atom. The Labute approximate surface area is 213 Å². The van der Waals surface area contributed by atoms with E-state index in [9.17, 15) is 14.9 Å². The monoisotopic (exact) mass is 504 g/mol. The van der Waals surface area contributed by atoms with E-state index in [2.05, 4.69) is 26.7 Å². The number of hydrogen-bond donors (Lipinski definition) is 1. The second-order valence-corrected chi connectivity index (χ2v) is 9.88. The summed E-state index contributed by atoms with van der Waals surface area (Å²) in [6.07, 6.45) is 6.56. The molecule has 1 aliphatic carbocycles. The third-order valence-corrected chi connectivity index (χ3v) is 6.21. The van der Waals surface area contributed by atoms with Gasteiger partial charge < -0.3 is 10.1 Å². The summed E-state index contributed by atoms with van der Waals surface area (Å²) >= 11 is 6.26. The van der Waals surface area contributed by atoms with E-state index in [0.29, 0.717) is 33.0 Å².